The summed E-state index contributed by atoms with van der Waals surface area (Å²) in [5.41, 5.74) is 2.57. The molecule has 144 valence electrons. The van der Waals surface area contributed by atoms with Crippen LogP contribution >= 0.6 is 27.3 Å². The van der Waals surface area contributed by atoms with Crippen molar-refractivity contribution in [2.24, 2.45) is 10.1 Å². The number of hydrogen-bond donors (Lipinski definition) is 0. The standard InChI is InChI=1S/C20H13BrN4O3S/c21-17-9-5-4-8-16(17)18-13-29-20(23-14-6-2-1-3-7-14)24(18)22-12-15-10-11-19(28-15)25(26)27/h1-13H. The summed E-state index contributed by atoms with van der Waals surface area (Å²) < 4.78 is 7.78. The van der Waals surface area contributed by atoms with Gasteiger partial charge in [0.2, 0.25) is 4.80 Å². The summed E-state index contributed by atoms with van der Waals surface area (Å²) in [6.07, 6.45) is 1.43. The zero-order chi connectivity index (χ0) is 20.2. The second kappa shape index (κ2) is 8.38. The lowest BCUT2D eigenvalue weighted by molar-refractivity contribution is -0.402. The van der Waals surface area contributed by atoms with E-state index in [-0.39, 0.29) is 11.6 Å². The Balaban J connectivity index is 1.83. The third-order valence-electron chi connectivity index (χ3n) is 3.91. The number of rotatable bonds is 5. The van der Waals surface area contributed by atoms with E-state index in [1.165, 1.54) is 29.7 Å². The number of para-hydroxylation sites is 1. The molecular formula is C20H13BrN4O3S. The molecule has 0 saturated carbocycles. The Bertz CT molecular complexity index is 1260. The van der Waals surface area contributed by atoms with Crippen molar-refractivity contribution in [1.29, 1.82) is 0 Å². The second-order valence-corrected chi connectivity index (χ2v) is 7.51. The highest BCUT2D eigenvalue weighted by Crippen LogP contribution is 2.28. The Labute approximate surface area is 177 Å². The van der Waals surface area contributed by atoms with Crippen molar-refractivity contribution < 1.29 is 9.34 Å². The summed E-state index contributed by atoms with van der Waals surface area (Å²) in [7, 11) is 0. The molecule has 4 aromatic rings. The van der Waals surface area contributed by atoms with Crippen LogP contribution in [0.3, 0.4) is 0 Å². The van der Waals surface area contributed by atoms with E-state index in [4.69, 9.17) is 4.42 Å². The molecule has 0 aliphatic heterocycles. The summed E-state index contributed by atoms with van der Waals surface area (Å²) in [6.45, 7) is 0. The minimum absolute atomic E-state index is 0.277. The van der Waals surface area contributed by atoms with E-state index < -0.39 is 4.92 Å². The fourth-order valence-electron chi connectivity index (χ4n) is 2.58. The van der Waals surface area contributed by atoms with Crippen LogP contribution in [0, 0.1) is 10.1 Å². The quantitative estimate of drug-likeness (QED) is 0.217. The van der Waals surface area contributed by atoms with Crippen LogP contribution in [0.1, 0.15) is 5.76 Å². The van der Waals surface area contributed by atoms with Crippen LogP contribution in [0.4, 0.5) is 11.6 Å². The molecule has 0 fully saturated rings. The Kier molecular flexibility index (Phi) is 5.50. The highest BCUT2D eigenvalue weighted by molar-refractivity contribution is 9.10. The number of hydrogen-bond acceptors (Lipinski definition) is 6. The Morgan fingerprint density at radius 2 is 1.83 bits per heavy atom. The first-order valence-corrected chi connectivity index (χ1v) is 10.1. The molecule has 0 N–H and O–H groups in total. The van der Waals surface area contributed by atoms with Crippen LogP contribution in [-0.4, -0.2) is 15.8 Å². The van der Waals surface area contributed by atoms with Gasteiger partial charge in [0.1, 0.15) is 4.92 Å². The van der Waals surface area contributed by atoms with E-state index in [0.29, 0.717) is 4.80 Å². The fraction of sp³-hybridized carbons (Fsp3) is 0. The number of aromatic nitrogens is 1. The maximum absolute atomic E-state index is 10.8. The Morgan fingerprint density at radius 1 is 1.07 bits per heavy atom. The molecule has 0 radical (unpaired) electrons. The molecule has 0 bridgehead atoms. The topological polar surface area (TPSA) is 85.9 Å². The number of benzene rings is 2. The van der Waals surface area contributed by atoms with Gasteiger partial charge in [-0.25, -0.2) is 9.67 Å². The normalized spacial score (nSPS) is 12.0. The van der Waals surface area contributed by atoms with Crippen LogP contribution in [0.15, 0.2) is 91.1 Å². The maximum atomic E-state index is 10.8. The van der Waals surface area contributed by atoms with Gasteiger partial charge < -0.3 is 4.42 Å². The number of halogens is 1. The molecule has 2 heterocycles. The fourth-order valence-corrected chi connectivity index (χ4v) is 3.92. The second-order valence-electron chi connectivity index (χ2n) is 5.82. The highest BCUT2D eigenvalue weighted by atomic mass is 79.9. The maximum Gasteiger partial charge on any atom is 0.433 e. The van der Waals surface area contributed by atoms with Gasteiger partial charge in [-0.2, -0.15) is 5.10 Å². The number of furan rings is 1. The van der Waals surface area contributed by atoms with Gasteiger partial charge in [0, 0.05) is 15.4 Å². The number of nitro groups is 1. The molecule has 2 aromatic carbocycles. The van der Waals surface area contributed by atoms with Gasteiger partial charge in [0.15, 0.2) is 5.76 Å². The zero-order valence-corrected chi connectivity index (χ0v) is 17.2. The monoisotopic (exact) mass is 468 g/mol. The van der Waals surface area contributed by atoms with Crippen molar-refractivity contribution in [3.63, 3.8) is 0 Å². The molecule has 0 atom stereocenters. The van der Waals surface area contributed by atoms with Crippen LogP contribution in [0.2, 0.25) is 0 Å². The molecule has 0 saturated heterocycles. The summed E-state index contributed by atoms with van der Waals surface area (Å²) in [5, 5.41) is 17.3. The summed E-state index contributed by atoms with van der Waals surface area (Å²) in [6, 6.07) is 20.2. The van der Waals surface area contributed by atoms with Gasteiger partial charge >= 0.3 is 5.88 Å². The molecule has 4 rings (SSSR count). The summed E-state index contributed by atoms with van der Waals surface area (Å²) in [4.78, 5) is 15.6. The molecule has 0 unspecified atom stereocenters. The Morgan fingerprint density at radius 3 is 2.55 bits per heavy atom. The van der Waals surface area contributed by atoms with E-state index in [1.54, 1.807) is 4.68 Å². The van der Waals surface area contributed by atoms with E-state index in [0.717, 1.165) is 21.4 Å². The van der Waals surface area contributed by atoms with Crippen LogP contribution in [0.5, 0.6) is 0 Å². The summed E-state index contributed by atoms with van der Waals surface area (Å²) >= 11 is 5.02. The molecule has 7 nitrogen and oxygen atoms in total. The van der Waals surface area contributed by atoms with Crippen molar-refractivity contribution in [2.45, 2.75) is 0 Å². The molecule has 0 aliphatic rings. The first kappa shape index (κ1) is 19.0. The lowest BCUT2D eigenvalue weighted by Gasteiger charge is -2.05. The largest absolute Gasteiger partial charge is 0.433 e. The van der Waals surface area contributed by atoms with Gasteiger partial charge in [-0.1, -0.05) is 52.3 Å². The van der Waals surface area contributed by atoms with Gasteiger partial charge in [-0.05, 0) is 24.3 Å². The van der Waals surface area contributed by atoms with Gasteiger partial charge in [0.25, 0.3) is 0 Å². The predicted molar refractivity (Wildman–Crippen MR) is 115 cm³/mol. The molecule has 29 heavy (non-hydrogen) atoms. The van der Waals surface area contributed by atoms with Crippen molar-refractivity contribution >= 4 is 45.1 Å². The van der Waals surface area contributed by atoms with E-state index in [1.807, 2.05) is 60.0 Å². The molecule has 0 aliphatic carbocycles. The van der Waals surface area contributed by atoms with Crippen molar-refractivity contribution in [1.82, 2.24) is 4.68 Å². The lowest BCUT2D eigenvalue weighted by Crippen LogP contribution is -2.11. The van der Waals surface area contributed by atoms with Crippen molar-refractivity contribution in [3.8, 4) is 11.3 Å². The first-order chi connectivity index (χ1) is 14.1. The molecule has 2 aromatic heterocycles. The SMILES string of the molecule is O=[N+]([O-])c1ccc(C=Nn2c(-c3ccccc3Br)csc2=Nc2ccccc2)o1. The minimum Gasteiger partial charge on any atom is -0.400 e. The van der Waals surface area contributed by atoms with Crippen molar-refractivity contribution in [2.75, 3.05) is 0 Å². The number of thiazole rings is 1. The Hall–Kier alpha value is -3.30. The van der Waals surface area contributed by atoms with Crippen molar-refractivity contribution in [3.05, 3.63) is 97.3 Å². The first-order valence-electron chi connectivity index (χ1n) is 8.45. The molecule has 9 heteroatoms. The van der Waals surface area contributed by atoms with E-state index >= 15 is 0 Å². The summed E-state index contributed by atoms with van der Waals surface area (Å²) in [5.74, 6) is -0.0545. The third kappa shape index (κ3) is 4.25. The van der Waals surface area contributed by atoms with Gasteiger partial charge in [-0.3, -0.25) is 10.1 Å². The molecule has 0 amide bonds. The predicted octanol–water partition coefficient (Wildman–Crippen LogP) is 5.59. The smallest absolute Gasteiger partial charge is 0.400 e. The van der Waals surface area contributed by atoms with Gasteiger partial charge in [0.05, 0.1) is 23.7 Å². The minimum atomic E-state index is -0.586. The van der Waals surface area contributed by atoms with Gasteiger partial charge in [-0.15, -0.1) is 11.3 Å². The average Bonchev–Trinajstić information content (AvgIpc) is 3.35. The highest BCUT2D eigenvalue weighted by Gasteiger charge is 2.12. The zero-order valence-electron chi connectivity index (χ0n) is 14.8. The third-order valence-corrected chi connectivity index (χ3v) is 5.42. The lowest BCUT2D eigenvalue weighted by atomic mass is 10.2. The van der Waals surface area contributed by atoms with E-state index in [2.05, 4.69) is 26.0 Å². The van der Waals surface area contributed by atoms with Crippen LogP contribution < -0.4 is 4.80 Å². The van der Waals surface area contributed by atoms with Crippen LogP contribution in [-0.2, 0) is 0 Å². The number of nitrogens with zero attached hydrogens (tertiary/aromatic N) is 4. The van der Waals surface area contributed by atoms with E-state index in [9.17, 15) is 10.1 Å². The molecular weight excluding hydrogens is 456 g/mol. The molecule has 0 spiro atoms. The average molecular weight is 469 g/mol. The van der Waals surface area contributed by atoms with Crippen LogP contribution in [0.25, 0.3) is 11.3 Å².